The molecule has 0 atom stereocenters. The molecule has 0 aliphatic rings. The first-order valence-electron chi connectivity index (χ1n) is 4.56. The highest BCUT2D eigenvalue weighted by atomic mass is 17.1. The maximum Gasteiger partial charge on any atom is 0.338 e. The molecule has 17 heavy (non-hydrogen) atoms. The molecule has 7 nitrogen and oxygen atoms in total. The third-order valence-electron chi connectivity index (χ3n) is 1.94. The van der Waals surface area contributed by atoms with Crippen molar-refractivity contribution in [1.29, 1.82) is 0 Å². The van der Waals surface area contributed by atoms with Crippen LogP contribution in [0.25, 0.3) is 0 Å². The van der Waals surface area contributed by atoms with Crippen molar-refractivity contribution in [3.63, 3.8) is 0 Å². The lowest BCUT2D eigenvalue weighted by atomic mass is 10.0. The van der Waals surface area contributed by atoms with E-state index in [0.29, 0.717) is 0 Å². The average Bonchev–Trinajstić information content (AvgIpc) is 2.34. The van der Waals surface area contributed by atoms with E-state index in [2.05, 4.69) is 9.57 Å². The first-order valence-corrected chi connectivity index (χ1v) is 4.56. The molecule has 0 spiro atoms. The van der Waals surface area contributed by atoms with Crippen molar-refractivity contribution in [3.8, 4) is 0 Å². The van der Waals surface area contributed by atoms with Crippen LogP contribution in [0.5, 0.6) is 0 Å². The van der Waals surface area contributed by atoms with Crippen molar-refractivity contribution in [3.05, 3.63) is 40.6 Å². The van der Waals surface area contributed by atoms with E-state index in [0.717, 1.165) is 0 Å². The fourth-order valence-electron chi connectivity index (χ4n) is 1.21. The highest BCUT2D eigenvalue weighted by Gasteiger charge is 2.16. The minimum Gasteiger partial charge on any atom is -0.738 e. The Morgan fingerprint density at radius 1 is 1.35 bits per heavy atom. The molecule has 1 aromatic rings. The van der Waals surface area contributed by atoms with Gasteiger partial charge < -0.3 is 15.2 Å². The summed E-state index contributed by atoms with van der Waals surface area (Å²) < 4.78 is 4.50. The monoisotopic (exact) mass is 240 g/mol. The van der Waals surface area contributed by atoms with Gasteiger partial charge in [-0.25, -0.2) is 4.79 Å². The van der Waals surface area contributed by atoms with Crippen LogP contribution in [0.4, 0.5) is 0 Å². The summed E-state index contributed by atoms with van der Waals surface area (Å²) in [4.78, 5) is 27.0. The van der Waals surface area contributed by atoms with Crippen LogP contribution in [0.2, 0.25) is 0 Å². The quantitative estimate of drug-likeness (QED) is 0.461. The molecule has 7 heteroatoms. The summed E-state index contributed by atoms with van der Waals surface area (Å²) in [7, 11) is 1.19. The van der Waals surface area contributed by atoms with Crippen molar-refractivity contribution < 1.29 is 24.4 Å². The number of ketones is 1. The topological polar surface area (TPSA) is 99.1 Å². The predicted molar refractivity (Wildman–Crippen MR) is 55.1 cm³/mol. The zero-order chi connectivity index (χ0) is 12.8. The predicted octanol–water partition coefficient (Wildman–Crippen LogP) is 0.776. The minimum absolute atomic E-state index is 0.0567. The van der Waals surface area contributed by atoms with E-state index in [-0.39, 0.29) is 11.1 Å². The van der Waals surface area contributed by atoms with Crippen LogP contribution in [-0.2, 0) is 9.57 Å². The van der Waals surface area contributed by atoms with Crippen molar-refractivity contribution >= 4 is 11.8 Å². The van der Waals surface area contributed by atoms with E-state index in [1.165, 1.54) is 19.2 Å². The summed E-state index contributed by atoms with van der Waals surface area (Å²) in [6.45, 7) is -0.673. The van der Waals surface area contributed by atoms with E-state index in [4.69, 9.17) is 5.21 Å². The molecule has 92 valence electrons. The van der Waals surface area contributed by atoms with Crippen molar-refractivity contribution in [2.75, 3.05) is 13.7 Å². The van der Waals surface area contributed by atoms with Gasteiger partial charge in [-0.2, -0.15) is 0 Å². The second-order valence-electron chi connectivity index (χ2n) is 2.97. The molecule has 0 unspecified atom stereocenters. The SMILES string of the molecule is COC(=O)c1ccccc1C(=O)CON([O-])O. The fraction of sp³-hybridized carbons (Fsp3) is 0.200. The third kappa shape index (κ3) is 3.61. The average molecular weight is 240 g/mol. The van der Waals surface area contributed by atoms with Crippen LogP contribution in [0.1, 0.15) is 20.7 Å². The molecule has 0 aliphatic carbocycles. The summed E-state index contributed by atoms with van der Waals surface area (Å²) in [6, 6.07) is 5.92. The lowest BCUT2D eigenvalue weighted by Gasteiger charge is -2.17. The Hall–Kier alpha value is -1.80. The van der Waals surface area contributed by atoms with E-state index >= 15 is 0 Å². The minimum atomic E-state index is -0.821. The van der Waals surface area contributed by atoms with E-state index in [1.807, 2.05) is 0 Å². The smallest absolute Gasteiger partial charge is 0.338 e. The Morgan fingerprint density at radius 3 is 2.47 bits per heavy atom. The van der Waals surface area contributed by atoms with Crippen molar-refractivity contribution in [2.45, 2.75) is 0 Å². The summed E-state index contributed by atoms with van der Waals surface area (Å²) in [5, 5.41) is 17.4. The number of hydrogen-bond donors (Lipinski definition) is 1. The molecule has 0 saturated carbocycles. The second kappa shape index (κ2) is 6.06. The van der Waals surface area contributed by atoms with Crippen LogP contribution in [0.15, 0.2) is 24.3 Å². The Labute approximate surface area is 96.7 Å². The van der Waals surface area contributed by atoms with E-state index in [9.17, 15) is 14.8 Å². The van der Waals surface area contributed by atoms with Gasteiger partial charge in [-0.15, -0.1) is 5.39 Å². The lowest BCUT2D eigenvalue weighted by Crippen LogP contribution is -2.20. The molecule has 0 aliphatic heterocycles. The van der Waals surface area contributed by atoms with E-state index in [1.54, 1.807) is 12.1 Å². The number of esters is 1. The number of benzene rings is 1. The molecule has 1 rings (SSSR count). The maximum atomic E-state index is 11.6. The van der Waals surface area contributed by atoms with Gasteiger partial charge in [-0.3, -0.25) is 9.63 Å². The number of hydrogen-bond acceptors (Lipinski definition) is 7. The van der Waals surface area contributed by atoms with Gasteiger partial charge >= 0.3 is 5.97 Å². The standard InChI is InChI=1S/C10H10NO6/c1-16-10(13)8-5-3-2-4-7(8)9(12)6-17-11(14)15/h2-5,14H,6H2,1H3/q-1. The summed E-state index contributed by atoms with van der Waals surface area (Å²) in [5.74, 6) is -1.29. The second-order valence-corrected chi connectivity index (χ2v) is 2.97. The van der Waals surface area contributed by atoms with Crippen molar-refractivity contribution in [1.82, 2.24) is 5.39 Å². The Kier molecular flexibility index (Phi) is 4.73. The summed E-state index contributed by atoms with van der Waals surface area (Å²) in [6.07, 6.45) is 0. The molecule has 0 heterocycles. The number of carbonyl (C=O) groups excluding carboxylic acids is 2. The van der Waals surface area contributed by atoms with E-state index < -0.39 is 23.7 Å². The van der Waals surface area contributed by atoms with Gasteiger partial charge in [0, 0.05) is 5.56 Å². The number of nitrogens with zero attached hydrogens (tertiary/aromatic N) is 1. The zero-order valence-corrected chi connectivity index (χ0v) is 8.95. The molecule has 0 amide bonds. The summed E-state index contributed by atoms with van der Waals surface area (Å²) in [5.41, 5.74) is 0.125. The molecule has 0 bridgehead atoms. The Bertz CT molecular complexity index is 417. The van der Waals surface area contributed by atoms with Gasteiger partial charge in [0.15, 0.2) is 5.78 Å². The number of ether oxygens (including phenoxy) is 1. The number of Topliss-reactive ketones (excluding diaryl/α,β-unsaturated/α-hetero) is 1. The Balaban J connectivity index is 2.89. The number of rotatable bonds is 5. The van der Waals surface area contributed by atoms with Crippen LogP contribution in [0, 0.1) is 5.21 Å². The highest BCUT2D eigenvalue weighted by molar-refractivity contribution is 6.06. The lowest BCUT2D eigenvalue weighted by molar-refractivity contribution is -0.298. The molecule has 1 N–H and O–H groups in total. The molecular weight excluding hydrogens is 230 g/mol. The highest BCUT2D eigenvalue weighted by Crippen LogP contribution is 2.11. The normalized spacial score (nSPS) is 10.4. The fourth-order valence-corrected chi connectivity index (χ4v) is 1.21. The van der Waals surface area contributed by atoms with Gasteiger partial charge in [0.2, 0.25) is 0 Å². The molecule has 0 radical (unpaired) electrons. The summed E-state index contributed by atoms with van der Waals surface area (Å²) >= 11 is 0. The van der Waals surface area contributed by atoms with Gasteiger partial charge in [0.1, 0.15) is 6.61 Å². The van der Waals surface area contributed by atoms with Gasteiger partial charge in [0.25, 0.3) is 0 Å². The number of methoxy groups -OCH3 is 1. The number of carbonyl (C=O) groups is 2. The van der Waals surface area contributed by atoms with Crippen LogP contribution in [0.3, 0.4) is 0 Å². The first-order chi connectivity index (χ1) is 8.06. The Morgan fingerprint density at radius 2 is 1.94 bits per heavy atom. The molecule has 1 aromatic carbocycles. The first kappa shape index (κ1) is 13.3. The van der Waals surface area contributed by atoms with Crippen molar-refractivity contribution in [2.24, 2.45) is 0 Å². The maximum absolute atomic E-state index is 11.6. The van der Waals surface area contributed by atoms with Gasteiger partial charge in [0.05, 0.1) is 12.7 Å². The third-order valence-corrected chi connectivity index (χ3v) is 1.94. The molecular formula is C10H10NO6-. The molecule has 0 aromatic heterocycles. The van der Waals surface area contributed by atoms with Crippen LogP contribution < -0.4 is 0 Å². The molecule has 0 saturated heterocycles. The zero-order valence-electron chi connectivity index (χ0n) is 8.95. The van der Waals surface area contributed by atoms with Gasteiger partial charge in [-0.05, 0) is 6.07 Å². The van der Waals surface area contributed by atoms with Gasteiger partial charge in [-0.1, -0.05) is 18.2 Å². The van der Waals surface area contributed by atoms with Crippen LogP contribution >= 0.6 is 0 Å². The largest absolute Gasteiger partial charge is 0.738 e. The van der Waals surface area contributed by atoms with Crippen LogP contribution in [-0.4, -0.2) is 36.1 Å². The molecule has 0 fully saturated rings.